The van der Waals surface area contributed by atoms with Crippen LogP contribution in [-0.2, 0) is 4.79 Å². The van der Waals surface area contributed by atoms with Gasteiger partial charge >= 0.3 is 6.61 Å². The average molecular weight is 652 g/mol. The number of pyridine rings is 1. The molecule has 0 fully saturated rings. The zero-order chi connectivity index (χ0) is 31.7. The molecule has 0 unspecified atom stereocenters. The molecule has 3 aromatic heterocycles. The summed E-state index contributed by atoms with van der Waals surface area (Å²) in [6, 6.07) is 14.0. The third-order valence-corrected chi connectivity index (χ3v) is 8.00. The van der Waals surface area contributed by atoms with Crippen molar-refractivity contribution in [3.63, 3.8) is 0 Å². The number of rotatable bonds is 5. The van der Waals surface area contributed by atoms with Crippen molar-refractivity contribution in [2.24, 2.45) is 5.92 Å². The lowest BCUT2D eigenvalue weighted by Crippen LogP contribution is -2.27. The highest BCUT2D eigenvalue weighted by Gasteiger charge is 2.23. The number of nitrogens with one attached hydrogen (secondary N) is 1. The molecule has 230 valence electrons. The van der Waals surface area contributed by atoms with Crippen molar-refractivity contribution in [3.05, 3.63) is 99.5 Å². The highest BCUT2D eigenvalue weighted by molar-refractivity contribution is 6.31. The standard InChI is InChI=1S/C31H25Cl2F2N7O3/c1-17-3-2-4-27(25-11-18(9-10-36-25)21-7-6-20(45-31(34)35)13-24(21)38-30(17)44)41-16-37-23(14-29(41)43)22-12-19(32)5-8-26(22)42-15-28(33)39-40-42/h5-17,27,31H,2-4H2,1H3,(H,38,44)/t17-,27+/m1/s1. The third-order valence-electron chi connectivity index (χ3n) is 7.59. The minimum absolute atomic E-state index is 0.0801. The largest absolute Gasteiger partial charge is 0.435 e. The normalized spacial score (nSPS) is 16.8. The van der Waals surface area contributed by atoms with E-state index in [0.717, 1.165) is 0 Å². The number of alkyl halides is 2. The van der Waals surface area contributed by atoms with Crippen molar-refractivity contribution in [2.75, 3.05) is 5.32 Å². The number of aromatic nitrogens is 6. The first kappa shape index (κ1) is 30.4. The van der Waals surface area contributed by atoms with Gasteiger partial charge in [-0.3, -0.25) is 19.1 Å². The molecule has 2 aromatic carbocycles. The number of anilines is 1. The number of carbonyl (C=O) groups excluding carboxylic acids is 1. The average Bonchev–Trinajstić information content (AvgIpc) is 3.44. The predicted molar refractivity (Wildman–Crippen MR) is 165 cm³/mol. The molecule has 1 N–H and O–H groups in total. The Morgan fingerprint density at radius 3 is 2.60 bits per heavy atom. The number of ether oxygens (including phenoxy) is 1. The van der Waals surface area contributed by atoms with Gasteiger partial charge in [-0.1, -0.05) is 41.8 Å². The molecule has 0 aliphatic carbocycles. The van der Waals surface area contributed by atoms with Crippen molar-refractivity contribution >= 4 is 34.8 Å². The Kier molecular flexibility index (Phi) is 8.59. The number of hydrogen-bond acceptors (Lipinski definition) is 7. The maximum absolute atomic E-state index is 13.7. The fraction of sp³-hybridized carbons (Fsp3) is 0.226. The number of hydrogen-bond donors (Lipinski definition) is 1. The number of nitrogens with zero attached hydrogens (tertiary/aromatic N) is 6. The molecule has 1 amide bonds. The van der Waals surface area contributed by atoms with E-state index < -0.39 is 18.6 Å². The molecule has 6 rings (SSSR count). The molecule has 10 nitrogen and oxygen atoms in total. The molecular weight excluding hydrogens is 627 g/mol. The number of amides is 1. The van der Waals surface area contributed by atoms with Crippen LogP contribution in [0.5, 0.6) is 5.75 Å². The molecule has 0 radical (unpaired) electrons. The molecule has 0 saturated heterocycles. The second kappa shape index (κ2) is 12.7. The molecule has 0 saturated carbocycles. The summed E-state index contributed by atoms with van der Waals surface area (Å²) in [4.78, 5) is 36.0. The van der Waals surface area contributed by atoms with E-state index >= 15 is 0 Å². The molecule has 1 aliphatic heterocycles. The van der Waals surface area contributed by atoms with E-state index in [-0.39, 0.29) is 22.4 Å². The van der Waals surface area contributed by atoms with Crippen molar-refractivity contribution in [2.45, 2.75) is 38.8 Å². The van der Waals surface area contributed by atoms with Gasteiger partial charge in [-0.25, -0.2) is 9.67 Å². The third kappa shape index (κ3) is 6.57. The summed E-state index contributed by atoms with van der Waals surface area (Å²) in [6.07, 6.45) is 6.21. The van der Waals surface area contributed by atoms with Gasteiger partial charge in [-0.05, 0) is 60.9 Å². The van der Waals surface area contributed by atoms with E-state index in [1.54, 1.807) is 43.5 Å². The predicted octanol–water partition coefficient (Wildman–Crippen LogP) is 6.81. The van der Waals surface area contributed by atoms with E-state index in [0.29, 0.717) is 63.7 Å². The lowest BCUT2D eigenvalue weighted by atomic mass is 9.95. The summed E-state index contributed by atoms with van der Waals surface area (Å²) >= 11 is 12.3. The number of benzene rings is 2. The summed E-state index contributed by atoms with van der Waals surface area (Å²) in [6.45, 7) is -1.22. The second-order valence-corrected chi connectivity index (χ2v) is 11.4. The van der Waals surface area contributed by atoms with Crippen LogP contribution in [0.3, 0.4) is 0 Å². The first-order valence-electron chi connectivity index (χ1n) is 14.0. The molecule has 4 heterocycles. The Hall–Kier alpha value is -4.68. The number of carbonyl (C=O) groups is 1. The van der Waals surface area contributed by atoms with E-state index in [1.807, 2.05) is 6.07 Å². The number of fused-ring (bicyclic) bond motifs is 4. The smallest absolute Gasteiger partial charge is 0.387 e. The van der Waals surface area contributed by atoms with Crippen LogP contribution in [-0.4, -0.2) is 42.0 Å². The first-order chi connectivity index (χ1) is 21.7. The SMILES string of the molecule is C[C@@H]1CCC[C@H](n2cnc(-c3cc(Cl)ccc3-n3cc(Cl)nn3)cc2=O)c2cc(ccn2)-c2ccc(OC(F)F)cc2NC1=O. The van der Waals surface area contributed by atoms with E-state index in [9.17, 15) is 18.4 Å². The van der Waals surface area contributed by atoms with Crippen molar-refractivity contribution in [1.29, 1.82) is 0 Å². The van der Waals surface area contributed by atoms with Gasteiger partial charge in [-0.15, -0.1) is 5.10 Å². The first-order valence-corrected chi connectivity index (χ1v) is 14.7. The van der Waals surface area contributed by atoms with Gasteiger partial charge < -0.3 is 10.1 Å². The Balaban J connectivity index is 1.42. The van der Waals surface area contributed by atoms with Crippen molar-refractivity contribution in [3.8, 4) is 33.8 Å². The van der Waals surface area contributed by atoms with Gasteiger partial charge in [0.2, 0.25) is 5.91 Å². The van der Waals surface area contributed by atoms with Gasteiger partial charge in [0.1, 0.15) is 5.75 Å². The van der Waals surface area contributed by atoms with Crippen molar-refractivity contribution in [1.82, 2.24) is 29.5 Å². The van der Waals surface area contributed by atoms with Gasteiger partial charge in [-0.2, -0.15) is 8.78 Å². The summed E-state index contributed by atoms with van der Waals surface area (Å²) < 4.78 is 33.4. The van der Waals surface area contributed by atoms with Crippen LogP contribution in [0.25, 0.3) is 28.1 Å². The Bertz CT molecular complexity index is 1950. The fourth-order valence-corrected chi connectivity index (χ4v) is 5.65. The quantitative estimate of drug-likeness (QED) is 0.222. The summed E-state index contributed by atoms with van der Waals surface area (Å²) in [5.41, 5.74) is 3.36. The fourth-order valence-electron chi connectivity index (χ4n) is 5.35. The molecular formula is C31H25Cl2F2N7O3. The topological polar surface area (TPSA) is 117 Å². The van der Waals surface area contributed by atoms with Gasteiger partial charge in [0.25, 0.3) is 5.56 Å². The highest BCUT2D eigenvalue weighted by atomic mass is 35.5. The van der Waals surface area contributed by atoms with Crippen LogP contribution in [0, 0.1) is 5.92 Å². The minimum Gasteiger partial charge on any atom is -0.435 e. The maximum atomic E-state index is 13.7. The molecule has 45 heavy (non-hydrogen) atoms. The van der Waals surface area contributed by atoms with Gasteiger partial charge in [0.05, 0.1) is 41.3 Å². The molecule has 1 aliphatic rings. The van der Waals surface area contributed by atoms with Crippen LogP contribution in [0.4, 0.5) is 14.5 Å². The van der Waals surface area contributed by atoms with Crippen molar-refractivity contribution < 1.29 is 18.3 Å². The van der Waals surface area contributed by atoms with E-state index in [1.165, 1.54) is 40.0 Å². The zero-order valence-electron chi connectivity index (χ0n) is 23.7. The van der Waals surface area contributed by atoms with E-state index in [2.05, 4.69) is 30.3 Å². The molecule has 5 aromatic rings. The Morgan fingerprint density at radius 2 is 1.84 bits per heavy atom. The molecule has 2 atom stereocenters. The van der Waals surface area contributed by atoms with E-state index in [4.69, 9.17) is 23.2 Å². The van der Waals surface area contributed by atoms with Crippen LogP contribution in [0.2, 0.25) is 10.2 Å². The van der Waals surface area contributed by atoms with Crippen LogP contribution in [0.15, 0.2) is 78.1 Å². The highest BCUT2D eigenvalue weighted by Crippen LogP contribution is 2.35. The van der Waals surface area contributed by atoms with Crippen LogP contribution >= 0.6 is 23.2 Å². The van der Waals surface area contributed by atoms with Gasteiger partial charge in [0.15, 0.2) is 5.15 Å². The summed E-state index contributed by atoms with van der Waals surface area (Å²) in [5, 5.41) is 11.4. The lowest BCUT2D eigenvalue weighted by molar-refractivity contribution is -0.119. The van der Waals surface area contributed by atoms with Crippen LogP contribution < -0.4 is 15.6 Å². The second-order valence-electron chi connectivity index (χ2n) is 10.6. The molecule has 0 spiro atoms. The van der Waals surface area contributed by atoms with Crippen LogP contribution in [0.1, 0.15) is 37.9 Å². The zero-order valence-corrected chi connectivity index (χ0v) is 25.2. The summed E-state index contributed by atoms with van der Waals surface area (Å²) in [7, 11) is 0. The maximum Gasteiger partial charge on any atom is 0.387 e. The Morgan fingerprint density at radius 1 is 1.00 bits per heavy atom. The number of halogens is 4. The minimum atomic E-state index is -3.01. The monoisotopic (exact) mass is 651 g/mol. The summed E-state index contributed by atoms with van der Waals surface area (Å²) in [5.74, 6) is -0.734. The molecule has 14 heteroatoms. The lowest BCUT2D eigenvalue weighted by Gasteiger charge is -2.23. The van der Waals surface area contributed by atoms with Gasteiger partial charge in [0, 0.05) is 40.4 Å². The Labute approximate surface area is 265 Å². The molecule has 2 bridgehead atoms.